The van der Waals surface area contributed by atoms with Gasteiger partial charge in [0.15, 0.2) is 0 Å². The van der Waals surface area contributed by atoms with Crippen molar-refractivity contribution >= 4 is 11.9 Å². The van der Waals surface area contributed by atoms with Gasteiger partial charge in [-0.1, -0.05) is 0 Å². The highest BCUT2D eigenvalue weighted by Gasteiger charge is 2.22. The maximum atomic E-state index is 13.0. The number of hydrogen-bond acceptors (Lipinski definition) is 3. The van der Waals surface area contributed by atoms with Gasteiger partial charge < -0.3 is 15.4 Å². The number of aliphatic carboxylic acids is 1. The Morgan fingerprint density at radius 2 is 2.24 bits per heavy atom. The summed E-state index contributed by atoms with van der Waals surface area (Å²) in [7, 11) is 0. The number of rotatable bonds is 5. The molecule has 0 fully saturated rings. The molecule has 0 bridgehead atoms. The van der Waals surface area contributed by atoms with E-state index in [0.717, 1.165) is 6.07 Å². The van der Waals surface area contributed by atoms with Crippen LogP contribution in [0.25, 0.3) is 0 Å². The number of nitrogens with zero attached hydrogens (tertiary/aromatic N) is 1. The van der Waals surface area contributed by atoms with Crippen molar-refractivity contribution in [3.8, 4) is 0 Å². The zero-order valence-electron chi connectivity index (χ0n) is 11.3. The van der Waals surface area contributed by atoms with Crippen molar-refractivity contribution in [2.24, 2.45) is 0 Å². The molecule has 1 unspecified atom stereocenters. The number of nitrogens with one attached hydrogen (secondary N) is 2. The average Bonchev–Trinajstić information content (AvgIpc) is 2.90. The molecule has 21 heavy (non-hydrogen) atoms. The first kappa shape index (κ1) is 14.7. The van der Waals surface area contributed by atoms with Crippen molar-refractivity contribution in [2.45, 2.75) is 19.4 Å². The molecule has 0 radical (unpaired) electrons. The number of benzene rings is 1. The van der Waals surface area contributed by atoms with E-state index in [-0.39, 0.29) is 12.0 Å². The lowest BCUT2D eigenvalue weighted by Crippen LogP contribution is -2.42. The van der Waals surface area contributed by atoms with E-state index < -0.39 is 23.7 Å². The fourth-order valence-electron chi connectivity index (χ4n) is 1.93. The monoisotopic (exact) mass is 291 g/mol. The molecule has 1 heterocycles. The summed E-state index contributed by atoms with van der Waals surface area (Å²) in [6.07, 6.45) is 3.01. The fraction of sp³-hybridized carbons (Fsp3) is 0.214. The van der Waals surface area contributed by atoms with Crippen molar-refractivity contribution in [2.75, 3.05) is 0 Å². The molecule has 0 spiro atoms. The molecule has 1 amide bonds. The lowest BCUT2D eigenvalue weighted by Gasteiger charge is -2.14. The standard InChI is InChI=1S/C14H14FN3O3/c1-8-4-9(15)2-3-11(8)13(19)18-12(14(20)21)5-10-6-16-7-17-10/h2-4,6-7,12H,5H2,1H3,(H,16,17)(H,18,19)(H,20,21). The number of halogens is 1. The zero-order chi connectivity index (χ0) is 15.4. The minimum atomic E-state index is -1.15. The minimum Gasteiger partial charge on any atom is -0.480 e. The van der Waals surface area contributed by atoms with Crippen molar-refractivity contribution in [3.63, 3.8) is 0 Å². The van der Waals surface area contributed by atoms with Gasteiger partial charge in [0, 0.05) is 23.9 Å². The van der Waals surface area contributed by atoms with Gasteiger partial charge >= 0.3 is 5.97 Å². The third-order valence-electron chi connectivity index (χ3n) is 3.02. The van der Waals surface area contributed by atoms with Gasteiger partial charge in [0.05, 0.1) is 6.33 Å². The number of aromatic amines is 1. The van der Waals surface area contributed by atoms with E-state index in [1.54, 1.807) is 6.92 Å². The average molecular weight is 291 g/mol. The highest BCUT2D eigenvalue weighted by Crippen LogP contribution is 2.11. The Morgan fingerprint density at radius 3 is 2.81 bits per heavy atom. The number of aromatic nitrogens is 2. The second kappa shape index (κ2) is 6.17. The Kier molecular flexibility index (Phi) is 4.32. The highest BCUT2D eigenvalue weighted by atomic mass is 19.1. The van der Waals surface area contributed by atoms with Crippen LogP contribution < -0.4 is 5.32 Å². The van der Waals surface area contributed by atoms with E-state index in [2.05, 4.69) is 15.3 Å². The predicted octanol–water partition coefficient (Wildman–Crippen LogP) is 1.28. The third-order valence-corrected chi connectivity index (χ3v) is 3.02. The summed E-state index contributed by atoms with van der Waals surface area (Å²) in [4.78, 5) is 29.9. The van der Waals surface area contributed by atoms with Gasteiger partial charge in [0.25, 0.3) is 5.91 Å². The number of carboxylic acid groups (broad SMARTS) is 1. The maximum Gasteiger partial charge on any atom is 0.326 e. The second-order valence-electron chi connectivity index (χ2n) is 4.60. The lowest BCUT2D eigenvalue weighted by molar-refractivity contribution is -0.139. The number of carboxylic acids is 1. The van der Waals surface area contributed by atoms with E-state index in [1.807, 2.05) is 0 Å². The molecule has 7 heteroatoms. The Hall–Kier alpha value is -2.70. The van der Waals surface area contributed by atoms with Crippen LogP contribution >= 0.6 is 0 Å². The zero-order valence-corrected chi connectivity index (χ0v) is 11.3. The van der Waals surface area contributed by atoms with Crippen LogP contribution in [0.2, 0.25) is 0 Å². The molecule has 3 N–H and O–H groups in total. The molecule has 0 aliphatic carbocycles. The number of carbonyl (C=O) groups is 2. The van der Waals surface area contributed by atoms with Crippen LogP contribution in [-0.4, -0.2) is 33.0 Å². The van der Waals surface area contributed by atoms with Crippen molar-refractivity contribution in [1.82, 2.24) is 15.3 Å². The first-order chi connectivity index (χ1) is 9.97. The molecule has 0 aliphatic heterocycles. The first-order valence-corrected chi connectivity index (χ1v) is 6.24. The number of hydrogen-bond donors (Lipinski definition) is 3. The molecule has 0 aliphatic rings. The Labute approximate surface area is 120 Å². The summed E-state index contributed by atoms with van der Waals surface area (Å²) in [5.41, 5.74) is 1.28. The predicted molar refractivity (Wildman–Crippen MR) is 72.3 cm³/mol. The number of aryl methyl sites for hydroxylation is 1. The SMILES string of the molecule is Cc1cc(F)ccc1C(=O)NC(Cc1cnc[nH]1)C(=O)O. The quantitative estimate of drug-likeness (QED) is 0.773. The van der Waals surface area contributed by atoms with E-state index in [0.29, 0.717) is 11.3 Å². The topological polar surface area (TPSA) is 95.1 Å². The molecule has 1 atom stereocenters. The highest BCUT2D eigenvalue weighted by molar-refractivity contribution is 5.97. The van der Waals surface area contributed by atoms with Gasteiger partial charge in [-0.25, -0.2) is 14.2 Å². The number of amides is 1. The molecule has 2 rings (SSSR count). The van der Waals surface area contributed by atoms with Crippen molar-refractivity contribution < 1.29 is 19.1 Å². The molecule has 1 aromatic carbocycles. The fourth-order valence-corrected chi connectivity index (χ4v) is 1.93. The van der Waals surface area contributed by atoms with Gasteiger partial charge in [-0.3, -0.25) is 4.79 Å². The molecule has 110 valence electrons. The normalized spacial score (nSPS) is 11.9. The summed E-state index contributed by atoms with van der Waals surface area (Å²) in [5.74, 6) is -2.16. The summed E-state index contributed by atoms with van der Waals surface area (Å²) in [6, 6.07) is 2.61. The molecular formula is C14H14FN3O3. The summed E-state index contributed by atoms with van der Waals surface area (Å²) < 4.78 is 13.0. The van der Waals surface area contributed by atoms with Crippen LogP contribution in [0.15, 0.2) is 30.7 Å². The van der Waals surface area contributed by atoms with E-state index in [1.165, 1.54) is 24.7 Å². The summed E-state index contributed by atoms with van der Waals surface area (Å²) in [5, 5.41) is 11.6. The van der Waals surface area contributed by atoms with Crippen LogP contribution in [0.4, 0.5) is 4.39 Å². The Morgan fingerprint density at radius 1 is 1.48 bits per heavy atom. The van der Waals surface area contributed by atoms with Gasteiger partial charge in [-0.05, 0) is 30.7 Å². The van der Waals surface area contributed by atoms with E-state index in [9.17, 15) is 19.1 Å². The molecule has 0 saturated heterocycles. The van der Waals surface area contributed by atoms with E-state index in [4.69, 9.17) is 0 Å². The van der Waals surface area contributed by atoms with Gasteiger partial charge in [-0.2, -0.15) is 0 Å². The Bertz CT molecular complexity index is 655. The molecule has 2 aromatic rings. The third kappa shape index (κ3) is 3.65. The first-order valence-electron chi connectivity index (χ1n) is 6.24. The van der Waals surface area contributed by atoms with Gasteiger partial charge in [0.1, 0.15) is 11.9 Å². The maximum absolute atomic E-state index is 13.0. The lowest BCUT2D eigenvalue weighted by atomic mass is 10.1. The Balaban J connectivity index is 2.12. The van der Waals surface area contributed by atoms with Crippen LogP contribution in [0.1, 0.15) is 21.6 Å². The number of H-pyrrole nitrogens is 1. The van der Waals surface area contributed by atoms with Crippen LogP contribution in [0.5, 0.6) is 0 Å². The summed E-state index contributed by atoms with van der Waals surface area (Å²) in [6.45, 7) is 1.59. The van der Waals surface area contributed by atoms with Crippen molar-refractivity contribution in [1.29, 1.82) is 0 Å². The molecule has 1 aromatic heterocycles. The second-order valence-corrected chi connectivity index (χ2v) is 4.60. The molecule has 6 nitrogen and oxygen atoms in total. The summed E-state index contributed by atoms with van der Waals surface area (Å²) >= 11 is 0. The van der Waals surface area contributed by atoms with Gasteiger partial charge in [-0.15, -0.1) is 0 Å². The van der Waals surface area contributed by atoms with E-state index >= 15 is 0 Å². The largest absolute Gasteiger partial charge is 0.480 e. The smallest absolute Gasteiger partial charge is 0.326 e. The minimum absolute atomic E-state index is 0.0846. The van der Waals surface area contributed by atoms with Crippen LogP contribution in [0, 0.1) is 12.7 Å². The number of imidazole rings is 1. The van der Waals surface area contributed by atoms with Gasteiger partial charge in [0.2, 0.25) is 0 Å². The molecule has 0 saturated carbocycles. The van der Waals surface area contributed by atoms with Crippen molar-refractivity contribution in [3.05, 3.63) is 53.4 Å². The van der Waals surface area contributed by atoms with Crippen LogP contribution in [0.3, 0.4) is 0 Å². The van der Waals surface area contributed by atoms with Crippen LogP contribution in [-0.2, 0) is 11.2 Å². The number of carbonyl (C=O) groups excluding carboxylic acids is 1. The molecular weight excluding hydrogens is 277 g/mol.